The number of imide groups is 1. The van der Waals surface area contributed by atoms with E-state index in [4.69, 9.17) is 4.74 Å². The van der Waals surface area contributed by atoms with Gasteiger partial charge in [0.2, 0.25) is 0 Å². The molecule has 0 heterocycles. The zero-order valence-electron chi connectivity index (χ0n) is 15.1. The van der Waals surface area contributed by atoms with E-state index in [1.54, 1.807) is 12.1 Å². The van der Waals surface area contributed by atoms with Gasteiger partial charge in [-0.3, -0.25) is 10.1 Å². The number of nitrogens with one attached hydrogen (secondary N) is 2. The molecule has 1 saturated carbocycles. The average molecular weight is 346 g/mol. The van der Waals surface area contributed by atoms with E-state index in [0.717, 1.165) is 30.4 Å². The minimum Gasteiger partial charge on any atom is -0.452 e. The molecule has 136 valence electrons. The van der Waals surface area contributed by atoms with Gasteiger partial charge < -0.3 is 10.1 Å². The lowest BCUT2D eigenvalue weighted by molar-refractivity contribution is -0.123. The standard InChI is InChI=1S/C19H26N2O4/c1-12-8-13(2)10-15(9-12)18(23)25-11-17(22)21-19(24)20-16-7-5-4-6-14(16)3/h8-10,14,16H,4-7,11H2,1-3H3,(H2,20,21,22,24)/t14-,16+/m1/s1. The van der Waals surface area contributed by atoms with Crippen LogP contribution in [0.25, 0.3) is 0 Å². The smallest absolute Gasteiger partial charge is 0.338 e. The fraction of sp³-hybridized carbons (Fsp3) is 0.526. The number of aryl methyl sites for hydroxylation is 2. The average Bonchev–Trinajstić information content (AvgIpc) is 2.53. The Morgan fingerprint density at radius 3 is 2.36 bits per heavy atom. The molecule has 0 saturated heterocycles. The summed E-state index contributed by atoms with van der Waals surface area (Å²) in [7, 11) is 0. The van der Waals surface area contributed by atoms with Crippen molar-refractivity contribution in [3.63, 3.8) is 0 Å². The predicted molar refractivity (Wildman–Crippen MR) is 94.3 cm³/mol. The molecule has 0 bridgehead atoms. The van der Waals surface area contributed by atoms with Crippen LogP contribution in [0.5, 0.6) is 0 Å². The molecular weight excluding hydrogens is 320 g/mol. The van der Waals surface area contributed by atoms with Crippen molar-refractivity contribution in [3.8, 4) is 0 Å². The van der Waals surface area contributed by atoms with Gasteiger partial charge in [0.15, 0.2) is 6.61 Å². The van der Waals surface area contributed by atoms with Crippen LogP contribution in [0.2, 0.25) is 0 Å². The number of esters is 1. The summed E-state index contributed by atoms with van der Waals surface area (Å²) in [6.45, 7) is 5.37. The number of amides is 3. The van der Waals surface area contributed by atoms with Gasteiger partial charge in [0.1, 0.15) is 0 Å². The van der Waals surface area contributed by atoms with Crippen LogP contribution in [0.1, 0.15) is 54.1 Å². The number of urea groups is 1. The van der Waals surface area contributed by atoms with Crippen LogP contribution in [0.15, 0.2) is 18.2 Å². The molecule has 3 amide bonds. The third-order valence-corrected chi connectivity index (χ3v) is 4.47. The zero-order chi connectivity index (χ0) is 18.4. The first-order chi connectivity index (χ1) is 11.8. The minimum absolute atomic E-state index is 0.0827. The van der Waals surface area contributed by atoms with E-state index in [0.29, 0.717) is 11.5 Å². The summed E-state index contributed by atoms with van der Waals surface area (Å²) in [5.41, 5.74) is 2.28. The minimum atomic E-state index is -0.640. The van der Waals surface area contributed by atoms with Gasteiger partial charge in [0.25, 0.3) is 5.91 Å². The molecule has 1 fully saturated rings. The molecule has 0 radical (unpaired) electrons. The molecule has 6 heteroatoms. The monoisotopic (exact) mass is 346 g/mol. The molecule has 0 unspecified atom stereocenters. The summed E-state index contributed by atoms with van der Waals surface area (Å²) in [5, 5.41) is 5.03. The van der Waals surface area contributed by atoms with Gasteiger partial charge in [0.05, 0.1) is 5.56 Å². The second-order valence-electron chi connectivity index (χ2n) is 6.84. The maximum Gasteiger partial charge on any atom is 0.338 e. The summed E-state index contributed by atoms with van der Waals surface area (Å²) < 4.78 is 4.98. The Labute approximate surface area is 148 Å². The topological polar surface area (TPSA) is 84.5 Å². The van der Waals surface area contributed by atoms with Gasteiger partial charge in [-0.2, -0.15) is 0 Å². The first-order valence-corrected chi connectivity index (χ1v) is 8.71. The fourth-order valence-electron chi connectivity index (χ4n) is 3.20. The van der Waals surface area contributed by atoms with Crippen LogP contribution in [-0.4, -0.2) is 30.6 Å². The first-order valence-electron chi connectivity index (χ1n) is 8.71. The van der Waals surface area contributed by atoms with E-state index in [2.05, 4.69) is 17.6 Å². The molecule has 1 aliphatic carbocycles. The second kappa shape index (κ2) is 8.65. The van der Waals surface area contributed by atoms with E-state index < -0.39 is 24.5 Å². The first kappa shape index (κ1) is 19.0. The van der Waals surface area contributed by atoms with Crippen LogP contribution in [0.3, 0.4) is 0 Å². The molecule has 25 heavy (non-hydrogen) atoms. The van der Waals surface area contributed by atoms with Gasteiger partial charge in [-0.25, -0.2) is 9.59 Å². The molecule has 0 spiro atoms. The number of carbonyl (C=O) groups excluding carboxylic acids is 3. The summed E-state index contributed by atoms with van der Waals surface area (Å²) in [4.78, 5) is 35.7. The summed E-state index contributed by atoms with van der Waals surface area (Å²) in [5.74, 6) is -0.820. The van der Waals surface area contributed by atoms with Crippen molar-refractivity contribution in [2.75, 3.05) is 6.61 Å². The van der Waals surface area contributed by atoms with Gasteiger partial charge in [0, 0.05) is 6.04 Å². The normalized spacial score (nSPS) is 19.8. The quantitative estimate of drug-likeness (QED) is 0.821. The molecule has 1 aromatic carbocycles. The third kappa shape index (κ3) is 5.89. The summed E-state index contributed by atoms with van der Waals surface area (Å²) in [6, 6.07) is 4.89. The summed E-state index contributed by atoms with van der Waals surface area (Å²) in [6.07, 6.45) is 4.25. The Kier molecular flexibility index (Phi) is 6.56. The van der Waals surface area contributed by atoms with Crippen molar-refractivity contribution >= 4 is 17.9 Å². The molecule has 6 nitrogen and oxygen atoms in total. The van der Waals surface area contributed by atoms with E-state index in [9.17, 15) is 14.4 Å². The van der Waals surface area contributed by atoms with E-state index in [1.807, 2.05) is 19.9 Å². The summed E-state index contributed by atoms with van der Waals surface area (Å²) >= 11 is 0. The Bertz CT molecular complexity index is 637. The predicted octanol–water partition coefficient (Wildman–Crippen LogP) is 2.86. The number of hydrogen-bond donors (Lipinski definition) is 2. The van der Waals surface area contributed by atoms with Gasteiger partial charge >= 0.3 is 12.0 Å². The van der Waals surface area contributed by atoms with Crippen molar-refractivity contribution in [3.05, 3.63) is 34.9 Å². The third-order valence-electron chi connectivity index (χ3n) is 4.47. The molecule has 2 N–H and O–H groups in total. The molecule has 1 aromatic rings. The van der Waals surface area contributed by atoms with Crippen LogP contribution in [0.4, 0.5) is 4.79 Å². The van der Waals surface area contributed by atoms with Crippen LogP contribution in [0, 0.1) is 19.8 Å². The van der Waals surface area contributed by atoms with E-state index >= 15 is 0 Å². The molecule has 1 aliphatic rings. The number of rotatable bonds is 4. The Hall–Kier alpha value is -2.37. The van der Waals surface area contributed by atoms with Crippen molar-refractivity contribution in [1.29, 1.82) is 0 Å². The van der Waals surface area contributed by atoms with Crippen LogP contribution in [-0.2, 0) is 9.53 Å². The maximum atomic E-state index is 12.0. The molecule has 0 aromatic heterocycles. The van der Waals surface area contributed by atoms with Gasteiger partial charge in [-0.1, -0.05) is 37.0 Å². The largest absolute Gasteiger partial charge is 0.452 e. The Balaban J connectivity index is 1.77. The van der Waals surface area contributed by atoms with Crippen molar-refractivity contribution in [2.24, 2.45) is 5.92 Å². The SMILES string of the molecule is Cc1cc(C)cc(C(=O)OCC(=O)NC(=O)N[C@H]2CCCC[C@H]2C)c1. The highest BCUT2D eigenvalue weighted by atomic mass is 16.5. The lowest BCUT2D eigenvalue weighted by atomic mass is 9.86. The highest BCUT2D eigenvalue weighted by molar-refractivity contribution is 5.97. The molecular formula is C19H26N2O4. The van der Waals surface area contributed by atoms with Gasteiger partial charge in [-0.15, -0.1) is 0 Å². The van der Waals surface area contributed by atoms with E-state index in [1.165, 1.54) is 6.42 Å². The number of hydrogen-bond acceptors (Lipinski definition) is 4. The highest BCUT2D eigenvalue weighted by Crippen LogP contribution is 2.23. The maximum absolute atomic E-state index is 12.0. The Morgan fingerprint density at radius 2 is 1.72 bits per heavy atom. The highest BCUT2D eigenvalue weighted by Gasteiger charge is 2.23. The number of carbonyl (C=O) groups is 3. The van der Waals surface area contributed by atoms with Crippen LogP contribution >= 0.6 is 0 Å². The number of ether oxygens (including phenoxy) is 1. The molecule has 2 atom stereocenters. The Morgan fingerprint density at radius 1 is 1.08 bits per heavy atom. The van der Waals surface area contributed by atoms with Gasteiger partial charge in [-0.05, 0) is 44.7 Å². The zero-order valence-corrected chi connectivity index (χ0v) is 15.1. The van der Waals surface area contributed by atoms with Crippen molar-refractivity contribution in [1.82, 2.24) is 10.6 Å². The van der Waals surface area contributed by atoms with Crippen molar-refractivity contribution < 1.29 is 19.1 Å². The number of benzene rings is 1. The lowest BCUT2D eigenvalue weighted by Gasteiger charge is -2.29. The van der Waals surface area contributed by atoms with Crippen molar-refractivity contribution in [2.45, 2.75) is 52.5 Å². The molecule has 2 rings (SSSR count). The van der Waals surface area contributed by atoms with Crippen LogP contribution < -0.4 is 10.6 Å². The lowest BCUT2D eigenvalue weighted by Crippen LogP contribution is -2.48. The van der Waals surface area contributed by atoms with E-state index in [-0.39, 0.29) is 6.04 Å². The fourth-order valence-corrected chi connectivity index (χ4v) is 3.20. The molecule has 0 aliphatic heterocycles. The second-order valence-corrected chi connectivity index (χ2v) is 6.84.